The number of H-pyrrole nitrogens is 1. The zero-order chi connectivity index (χ0) is 11.8. The van der Waals surface area contributed by atoms with Gasteiger partial charge >= 0.3 is 0 Å². The third kappa shape index (κ3) is 1.53. The molecule has 2 nitrogen and oxygen atoms in total. The third-order valence-electron chi connectivity index (χ3n) is 3.20. The fourth-order valence-corrected chi connectivity index (χ4v) is 2.41. The van der Waals surface area contributed by atoms with Crippen LogP contribution in [0.2, 0.25) is 0 Å². The molecule has 0 amide bonds. The minimum Gasteiger partial charge on any atom is -0.345 e. The summed E-state index contributed by atoms with van der Waals surface area (Å²) in [4.78, 5) is 7.58. The van der Waals surface area contributed by atoms with Crippen LogP contribution >= 0.6 is 0 Å². The van der Waals surface area contributed by atoms with Gasteiger partial charge in [0.05, 0.1) is 17.4 Å². The fraction of sp³-hybridized carbons (Fsp3) is 0.133. The smallest absolute Gasteiger partial charge is 0.0961 e. The highest BCUT2D eigenvalue weighted by molar-refractivity contribution is 5.93. The Hall–Kier alpha value is -2.09. The van der Waals surface area contributed by atoms with E-state index in [2.05, 4.69) is 60.2 Å². The van der Waals surface area contributed by atoms with Crippen molar-refractivity contribution >= 4 is 11.0 Å². The number of nitrogens with one attached hydrogen (secondary N) is 1. The van der Waals surface area contributed by atoms with Crippen molar-refractivity contribution in [2.45, 2.75) is 13.8 Å². The van der Waals surface area contributed by atoms with E-state index in [1.165, 1.54) is 22.3 Å². The van der Waals surface area contributed by atoms with Crippen molar-refractivity contribution in [3.05, 3.63) is 53.9 Å². The lowest BCUT2D eigenvalue weighted by molar-refractivity contribution is 1.34. The lowest BCUT2D eigenvalue weighted by Crippen LogP contribution is -1.88. The molecule has 2 aromatic carbocycles. The molecule has 0 fully saturated rings. The van der Waals surface area contributed by atoms with Gasteiger partial charge < -0.3 is 4.98 Å². The summed E-state index contributed by atoms with van der Waals surface area (Å²) in [5.41, 5.74) is 7.22. The number of hydrogen-bond donors (Lipinski definition) is 1. The van der Waals surface area contributed by atoms with E-state index in [4.69, 9.17) is 0 Å². The Morgan fingerprint density at radius 1 is 0.941 bits per heavy atom. The summed E-state index contributed by atoms with van der Waals surface area (Å²) in [6.45, 7) is 4.29. The van der Waals surface area contributed by atoms with Crippen molar-refractivity contribution in [1.29, 1.82) is 0 Å². The summed E-state index contributed by atoms with van der Waals surface area (Å²) in [7, 11) is 0. The Morgan fingerprint density at radius 3 is 2.41 bits per heavy atom. The Labute approximate surface area is 100 Å². The van der Waals surface area contributed by atoms with Gasteiger partial charge in [0.2, 0.25) is 0 Å². The largest absolute Gasteiger partial charge is 0.345 e. The average molecular weight is 222 g/mol. The predicted octanol–water partition coefficient (Wildman–Crippen LogP) is 3.85. The molecule has 1 N–H and O–H groups in total. The topological polar surface area (TPSA) is 28.7 Å². The molecule has 0 saturated carbocycles. The number of nitrogens with zero attached hydrogens (tertiary/aromatic N) is 1. The Kier molecular flexibility index (Phi) is 2.22. The van der Waals surface area contributed by atoms with E-state index >= 15 is 0 Å². The quantitative estimate of drug-likeness (QED) is 0.665. The number of imidazole rings is 1. The maximum absolute atomic E-state index is 4.42. The van der Waals surface area contributed by atoms with Gasteiger partial charge in [-0.15, -0.1) is 0 Å². The van der Waals surface area contributed by atoms with E-state index in [-0.39, 0.29) is 0 Å². The van der Waals surface area contributed by atoms with E-state index in [1.807, 2.05) is 0 Å². The minimum absolute atomic E-state index is 1.05. The van der Waals surface area contributed by atoms with Crippen LogP contribution in [0.5, 0.6) is 0 Å². The molecule has 2 heteroatoms. The fourth-order valence-electron chi connectivity index (χ4n) is 2.41. The highest BCUT2D eigenvalue weighted by atomic mass is 14.9. The van der Waals surface area contributed by atoms with E-state index in [1.54, 1.807) is 6.33 Å². The molecule has 3 aromatic rings. The second-order valence-electron chi connectivity index (χ2n) is 4.37. The first-order chi connectivity index (χ1) is 8.27. The second-order valence-corrected chi connectivity index (χ2v) is 4.37. The number of rotatable bonds is 1. The van der Waals surface area contributed by atoms with E-state index in [9.17, 15) is 0 Å². The first kappa shape index (κ1) is 10.1. The molecule has 1 aromatic heterocycles. The van der Waals surface area contributed by atoms with Crippen LogP contribution in [-0.2, 0) is 0 Å². The van der Waals surface area contributed by atoms with Gasteiger partial charge in [-0.25, -0.2) is 4.98 Å². The summed E-state index contributed by atoms with van der Waals surface area (Å²) in [5.74, 6) is 0. The molecule has 17 heavy (non-hydrogen) atoms. The second kappa shape index (κ2) is 3.74. The Morgan fingerprint density at radius 2 is 1.65 bits per heavy atom. The average Bonchev–Trinajstić information content (AvgIpc) is 2.77. The number of benzene rings is 2. The zero-order valence-corrected chi connectivity index (χ0v) is 9.99. The highest BCUT2D eigenvalue weighted by Gasteiger charge is 2.09. The summed E-state index contributed by atoms with van der Waals surface area (Å²) >= 11 is 0. The first-order valence-electron chi connectivity index (χ1n) is 5.76. The number of hydrogen-bond acceptors (Lipinski definition) is 1. The number of aryl methyl sites for hydroxylation is 2. The maximum atomic E-state index is 4.42. The molecule has 0 radical (unpaired) electrons. The van der Waals surface area contributed by atoms with Crippen molar-refractivity contribution in [1.82, 2.24) is 9.97 Å². The highest BCUT2D eigenvalue weighted by Crippen LogP contribution is 2.31. The number of para-hydroxylation sites is 1. The lowest BCUT2D eigenvalue weighted by atomic mass is 9.95. The van der Waals surface area contributed by atoms with Gasteiger partial charge in [-0.05, 0) is 36.6 Å². The van der Waals surface area contributed by atoms with Gasteiger partial charge in [0, 0.05) is 5.56 Å². The van der Waals surface area contributed by atoms with Gasteiger partial charge in [0.1, 0.15) is 0 Å². The van der Waals surface area contributed by atoms with Crippen LogP contribution in [-0.4, -0.2) is 9.97 Å². The van der Waals surface area contributed by atoms with Crippen molar-refractivity contribution in [3.8, 4) is 11.1 Å². The first-order valence-corrected chi connectivity index (χ1v) is 5.76. The van der Waals surface area contributed by atoms with E-state index in [0.29, 0.717) is 0 Å². The van der Waals surface area contributed by atoms with Crippen LogP contribution in [0.15, 0.2) is 42.7 Å². The molecule has 0 atom stereocenters. The molecule has 0 spiro atoms. The van der Waals surface area contributed by atoms with Gasteiger partial charge in [-0.2, -0.15) is 0 Å². The lowest BCUT2D eigenvalue weighted by Gasteiger charge is -2.10. The molecule has 0 aliphatic carbocycles. The summed E-state index contributed by atoms with van der Waals surface area (Å²) in [6, 6.07) is 12.7. The molecule has 0 bridgehead atoms. The summed E-state index contributed by atoms with van der Waals surface area (Å²) < 4.78 is 0. The van der Waals surface area contributed by atoms with Crippen LogP contribution in [0.3, 0.4) is 0 Å². The zero-order valence-electron chi connectivity index (χ0n) is 9.99. The molecular weight excluding hydrogens is 208 g/mol. The van der Waals surface area contributed by atoms with Gasteiger partial charge in [-0.3, -0.25) is 0 Å². The molecule has 0 saturated heterocycles. The summed E-state index contributed by atoms with van der Waals surface area (Å²) in [6.07, 6.45) is 1.75. The SMILES string of the molecule is Cc1cccc(C)c1-c1cccc2[nH]cnc12. The Bertz CT molecular complexity index is 660. The van der Waals surface area contributed by atoms with Gasteiger partial charge in [0.25, 0.3) is 0 Å². The molecule has 84 valence electrons. The van der Waals surface area contributed by atoms with Gasteiger partial charge in [-0.1, -0.05) is 30.3 Å². The van der Waals surface area contributed by atoms with Crippen LogP contribution in [0, 0.1) is 13.8 Å². The summed E-state index contributed by atoms with van der Waals surface area (Å²) in [5, 5.41) is 0. The normalized spacial score (nSPS) is 10.9. The van der Waals surface area contributed by atoms with Crippen molar-refractivity contribution in [2.24, 2.45) is 0 Å². The molecular formula is C15H14N2. The van der Waals surface area contributed by atoms with Gasteiger partial charge in [0.15, 0.2) is 0 Å². The predicted molar refractivity (Wildman–Crippen MR) is 71.0 cm³/mol. The third-order valence-corrected chi connectivity index (χ3v) is 3.20. The number of aromatic nitrogens is 2. The number of fused-ring (bicyclic) bond motifs is 1. The minimum atomic E-state index is 1.05. The Balaban J connectivity index is 2.38. The molecule has 0 unspecified atom stereocenters. The maximum Gasteiger partial charge on any atom is 0.0961 e. The number of aromatic amines is 1. The van der Waals surface area contributed by atoms with Crippen LogP contribution in [0.4, 0.5) is 0 Å². The molecule has 0 aliphatic heterocycles. The van der Waals surface area contributed by atoms with Crippen LogP contribution in [0.25, 0.3) is 22.2 Å². The molecule has 0 aliphatic rings. The van der Waals surface area contributed by atoms with Crippen molar-refractivity contribution in [2.75, 3.05) is 0 Å². The molecule has 1 heterocycles. The van der Waals surface area contributed by atoms with Crippen LogP contribution in [0.1, 0.15) is 11.1 Å². The molecule has 3 rings (SSSR count). The monoisotopic (exact) mass is 222 g/mol. The van der Waals surface area contributed by atoms with Crippen LogP contribution < -0.4 is 0 Å². The van der Waals surface area contributed by atoms with E-state index in [0.717, 1.165) is 11.0 Å². The van der Waals surface area contributed by atoms with E-state index < -0.39 is 0 Å². The van der Waals surface area contributed by atoms with Crippen molar-refractivity contribution in [3.63, 3.8) is 0 Å². The standard InChI is InChI=1S/C15H14N2/c1-10-5-3-6-11(2)14(10)12-7-4-8-13-15(12)17-9-16-13/h3-9H,1-2H3,(H,16,17). The van der Waals surface area contributed by atoms with Crippen molar-refractivity contribution < 1.29 is 0 Å².